The lowest BCUT2D eigenvalue weighted by Gasteiger charge is -2.27. The molecule has 0 aromatic carbocycles. The molecule has 1 aromatic rings. The van der Waals surface area contributed by atoms with Gasteiger partial charge >= 0.3 is 12.0 Å². The van der Waals surface area contributed by atoms with E-state index in [2.05, 4.69) is 10.2 Å². The summed E-state index contributed by atoms with van der Waals surface area (Å²) in [7, 11) is 3.15. The fourth-order valence-electron chi connectivity index (χ4n) is 2.34. The number of nitrogens with zero attached hydrogens (tertiary/aromatic N) is 3. The van der Waals surface area contributed by atoms with Crippen LogP contribution in [-0.2, 0) is 16.1 Å². The Labute approximate surface area is 116 Å². The summed E-state index contributed by atoms with van der Waals surface area (Å²) in [5.41, 5.74) is 0.857. The van der Waals surface area contributed by atoms with Crippen LogP contribution >= 0.6 is 0 Å². The molecule has 1 aliphatic heterocycles. The van der Waals surface area contributed by atoms with Crippen LogP contribution in [0.15, 0.2) is 12.4 Å². The molecule has 2 rings (SSSR count). The summed E-state index contributed by atoms with van der Waals surface area (Å²) in [6.45, 7) is 0.665. The van der Waals surface area contributed by atoms with E-state index in [-0.39, 0.29) is 12.1 Å². The maximum Gasteiger partial charge on any atom is 0.326 e. The van der Waals surface area contributed by atoms with Crippen LogP contribution in [0.4, 0.5) is 4.79 Å². The summed E-state index contributed by atoms with van der Waals surface area (Å²) in [6, 6.07) is -1.16. The minimum atomic E-state index is -1.00. The fraction of sp³-hybridized carbons (Fsp3) is 0.583. The van der Waals surface area contributed by atoms with E-state index in [1.54, 1.807) is 19.4 Å². The number of carbonyl (C=O) groups is 2. The third-order valence-electron chi connectivity index (χ3n) is 3.43. The zero-order chi connectivity index (χ0) is 14.7. The summed E-state index contributed by atoms with van der Waals surface area (Å²) in [6.07, 6.45) is 3.40. The lowest BCUT2D eigenvalue weighted by molar-refractivity contribution is -0.141. The van der Waals surface area contributed by atoms with E-state index >= 15 is 0 Å². The number of ether oxygens (including phenoxy) is 1. The highest BCUT2D eigenvalue weighted by Crippen LogP contribution is 2.22. The molecule has 20 heavy (non-hydrogen) atoms. The highest BCUT2D eigenvalue weighted by molar-refractivity contribution is 5.83. The largest absolute Gasteiger partial charge is 0.480 e. The van der Waals surface area contributed by atoms with Gasteiger partial charge in [-0.2, -0.15) is 5.10 Å². The molecule has 8 nitrogen and oxygen atoms in total. The molecule has 1 aromatic heterocycles. The Hall–Kier alpha value is -2.09. The lowest BCUT2D eigenvalue weighted by atomic mass is 10.2. The number of hydrogen-bond donors (Lipinski definition) is 2. The topological polar surface area (TPSA) is 98.8 Å². The maximum atomic E-state index is 12.4. The lowest BCUT2D eigenvalue weighted by Crippen LogP contribution is -2.46. The van der Waals surface area contributed by atoms with Gasteiger partial charge in [0.2, 0.25) is 0 Å². The Balaban J connectivity index is 2.04. The van der Waals surface area contributed by atoms with Gasteiger partial charge in [-0.15, -0.1) is 0 Å². The van der Waals surface area contributed by atoms with Crippen molar-refractivity contribution in [1.29, 1.82) is 0 Å². The van der Waals surface area contributed by atoms with Crippen LogP contribution in [0.3, 0.4) is 0 Å². The Morgan fingerprint density at radius 1 is 1.65 bits per heavy atom. The van der Waals surface area contributed by atoms with Crippen molar-refractivity contribution in [3.05, 3.63) is 18.0 Å². The molecule has 2 atom stereocenters. The van der Waals surface area contributed by atoms with Crippen LogP contribution in [0.5, 0.6) is 0 Å². The molecule has 1 aliphatic rings. The number of nitrogens with one attached hydrogen (secondary N) is 1. The molecule has 2 N–H and O–H groups in total. The van der Waals surface area contributed by atoms with Gasteiger partial charge in [0.25, 0.3) is 0 Å². The van der Waals surface area contributed by atoms with Gasteiger partial charge in [-0.25, -0.2) is 9.59 Å². The zero-order valence-electron chi connectivity index (χ0n) is 11.4. The van der Waals surface area contributed by atoms with Gasteiger partial charge in [-0.05, 0) is 0 Å². The molecule has 0 aliphatic carbocycles. The van der Waals surface area contributed by atoms with E-state index in [9.17, 15) is 14.7 Å². The molecule has 2 amide bonds. The Kier molecular flexibility index (Phi) is 4.23. The highest BCUT2D eigenvalue weighted by atomic mass is 16.5. The summed E-state index contributed by atoms with van der Waals surface area (Å²) in [4.78, 5) is 26.4. The average molecular weight is 282 g/mol. The second-order valence-corrected chi connectivity index (χ2v) is 4.84. The summed E-state index contributed by atoms with van der Waals surface area (Å²) in [5, 5.41) is 15.7. The van der Waals surface area contributed by atoms with Gasteiger partial charge in [0.05, 0.1) is 18.8 Å². The molecule has 0 radical (unpaired) electrons. The number of carbonyl (C=O) groups excluding carboxylic acids is 1. The number of aromatic amines is 1. The maximum absolute atomic E-state index is 12.4. The van der Waals surface area contributed by atoms with Gasteiger partial charge in [0.15, 0.2) is 0 Å². The standard InChI is InChI=1S/C12H18N4O4/c1-15(6-8-4-13-14-5-8)12(19)16-7-9(20-2)3-10(16)11(17)18/h4-5,9-10H,3,6-7H2,1-2H3,(H,13,14)(H,17,18). The van der Waals surface area contributed by atoms with Crippen molar-refractivity contribution in [2.24, 2.45) is 0 Å². The molecular formula is C12H18N4O4. The van der Waals surface area contributed by atoms with Crippen molar-refractivity contribution in [2.45, 2.75) is 25.1 Å². The van der Waals surface area contributed by atoms with Crippen molar-refractivity contribution in [3.63, 3.8) is 0 Å². The number of aliphatic carboxylic acids is 1. The van der Waals surface area contributed by atoms with Crippen LogP contribution in [0, 0.1) is 0 Å². The van der Waals surface area contributed by atoms with Crippen molar-refractivity contribution < 1.29 is 19.4 Å². The molecule has 0 spiro atoms. The first-order valence-electron chi connectivity index (χ1n) is 6.28. The SMILES string of the molecule is COC1CC(C(=O)O)N(C(=O)N(C)Cc2cn[nH]c2)C1. The van der Waals surface area contributed by atoms with Gasteiger partial charge < -0.3 is 19.6 Å². The second kappa shape index (κ2) is 5.91. The predicted molar refractivity (Wildman–Crippen MR) is 69.0 cm³/mol. The smallest absolute Gasteiger partial charge is 0.326 e. The van der Waals surface area contributed by atoms with E-state index < -0.39 is 12.0 Å². The first-order chi connectivity index (χ1) is 9.52. The van der Waals surface area contributed by atoms with Crippen LogP contribution in [0.2, 0.25) is 0 Å². The first-order valence-corrected chi connectivity index (χ1v) is 6.28. The molecule has 2 unspecified atom stereocenters. The zero-order valence-corrected chi connectivity index (χ0v) is 11.4. The number of rotatable bonds is 4. The van der Waals surface area contributed by atoms with Crippen molar-refractivity contribution in [3.8, 4) is 0 Å². The summed E-state index contributed by atoms with van der Waals surface area (Å²) >= 11 is 0. The number of carboxylic acids is 1. The van der Waals surface area contributed by atoms with Gasteiger partial charge in [0.1, 0.15) is 6.04 Å². The minimum absolute atomic E-state index is 0.234. The van der Waals surface area contributed by atoms with E-state index in [0.717, 1.165) is 5.56 Å². The minimum Gasteiger partial charge on any atom is -0.480 e. The fourth-order valence-corrected chi connectivity index (χ4v) is 2.34. The molecule has 0 saturated carbocycles. The third kappa shape index (κ3) is 2.90. The summed E-state index contributed by atoms with van der Waals surface area (Å²) < 4.78 is 5.17. The summed E-state index contributed by atoms with van der Waals surface area (Å²) in [5.74, 6) is -1.00. The van der Waals surface area contributed by atoms with Crippen LogP contribution in [0.1, 0.15) is 12.0 Å². The average Bonchev–Trinajstić information content (AvgIpc) is 3.06. The molecule has 0 bridgehead atoms. The molecule has 8 heteroatoms. The normalized spacial score (nSPS) is 22.0. The number of amides is 2. The van der Waals surface area contributed by atoms with Crippen molar-refractivity contribution >= 4 is 12.0 Å². The van der Waals surface area contributed by atoms with E-state index in [4.69, 9.17) is 4.74 Å². The van der Waals surface area contributed by atoms with Gasteiger partial charge in [-0.3, -0.25) is 5.10 Å². The van der Waals surface area contributed by atoms with Crippen molar-refractivity contribution in [1.82, 2.24) is 20.0 Å². The van der Waals surface area contributed by atoms with Crippen LogP contribution in [0.25, 0.3) is 0 Å². The molecule has 110 valence electrons. The molecule has 1 fully saturated rings. The first kappa shape index (κ1) is 14.3. The number of likely N-dealkylation sites (tertiary alicyclic amines) is 1. The number of H-pyrrole nitrogens is 1. The third-order valence-corrected chi connectivity index (χ3v) is 3.43. The van der Waals surface area contributed by atoms with Gasteiger partial charge in [-0.1, -0.05) is 0 Å². The molecule has 1 saturated heterocycles. The Bertz CT molecular complexity index is 476. The number of aromatic nitrogens is 2. The number of hydrogen-bond acceptors (Lipinski definition) is 4. The highest BCUT2D eigenvalue weighted by Gasteiger charge is 2.40. The monoisotopic (exact) mass is 282 g/mol. The number of carboxylic acid groups (broad SMARTS) is 1. The predicted octanol–water partition coefficient (Wildman–Crippen LogP) is 0.135. The van der Waals surface area contributed by atoms with Crippen LogP contribution < -0.4 is 0 Å². The van der Waals surface area contributed by atoms with Crippen molar-refractivity contribution in [2.75, 3.05) is 20.7 Å². The van der Waals surface area contributed by atoms with Gasteiger partial charge in [0, 0.05) is 38.9 Å². The molecule has 2 heterocycles. The quantitative estimate of drug-likeness (QED) is 0.818. The number of urea groups is 1. The molecular weight excluding hydrogens is 264 g/mol. The van der Waals surface area contributed by atoms with E-state index in [0.29, 0.717) is 19.5 Å². The van der Waals surface area contributed by atoms with E-state index in [1.165, 1.54) is 16.9 Å². The Morgan fingerprint density at radius 2 is 2.40 bits per heavy atom. The second-order valence-electron chi connectivity index (χ2n) is 4.84. The van der Waals surface area contributed by atoms with E-state index in [1.807, 2.05) is 0 Å². The number of methoxy groups -OCH3 is 1. The van der Waals surface area contributed by atoms with Crippen LogP contribution in [-0.4, -0.2) is 70.0 Å². The Morgan fingerprint density at radius 3 is 2.95 bits per heavy atom.